The van der Waals surface area contributed by atoms with E-state index < -0.39 is 23.4 Å². The predicted octanol–water partition coefficient (Wildman–Crippen LogP) is 3.63. The molecule has 2 rings (SSSR count). The van der Waals surface area contributed by atoms with Gasteiger partial charge in [-0.2, -0.15) is 0 Å². The van der Waals surface area contributed by atoms with Crippen LogP contribution in [0.25, 0.3) is 0 Å². The fourth-order valence-electron chi connectivity index (χ4n) is 2.19. The van der Waals surface area contributed by atoms with Gasteiger partial charge < -0.3 is 10.6 Å². The molecule has 0 bridgehead atoms. The van der Waals surface area contributed by atoms with E-state index in [2.05, 4.69) is 31.4 Å². The van der Waals surface area contributed by atoms with E-state index in [1.807, 2.05) is 12.1 Å². The molecule has 6 heteroatoms. The second-order valence-corrected chi connectivity index (χ2v) is 6.68. The van der Waals surface area contributed by atoms with Crippen LogP contribution in [0.5, 0.6) is 0 Å². The fourth-order valence-corrected chi connectivity index (χ4v) is 2.19. The zero-order chi connectivity index (χ0) is 18.6. The third-order valence-electron chi connectivity index (χ3n) is 3.62. The Morgan fingerprint density at radius 1 is 1.00 bits per heavy atom. The van der Waals surface area contributed by atoms with Gasteiger partial charge in [-0.05, 0) is 35.2 Å². The lowest BCUT2D eigenvalue weighted by atomic mass is 9.87. The summed E-state index contributed by atoms with van der Waals surface area (Å²) in [6.07, 6.45) is 0. The van der Waals surface area contributed by atoms with Crippen LogP contribution >= 0.6 is 0 Å². The molecule has 2 amide bonds. The van der Waals surface area contributed by atoms with Gasteiger partial charge in [0.1, 0.15) is 11.6 Å². The summed E-state index contributed by atoms with van der Waals surface area (Å²) in [4.78, 5) is 23.7. The summed E-state index contributed by atoms with van der Waals surface area (Å²) in [6.45, 7) is 5.94. The van der Waals surface area contributed by atoms with E-state index in [4.69, 9.17) is 0 Å². The highest BCUT2D eigenvalue weighted by Gasteiger charge is 2.15. The summed E-state index contributed by atoms with van der Waals surface area (Å²) >= 11 is 0. The van der Waals surface area contributed by atoms with Crippen molar-refractivity contribution >= 4 is 17.5 Å². The highest BCUT2D eigenvalue weighted by atomic mass is 19.1. The van der Waals surface area contributed by atoms with Crippen LogP contribution < -0.4 is 10.6 Å². The highest BCUT2D eigenvalue weighted by Crippen LogP contribution is 2.23. The average molecular weight is 346 g/mol. The maximum Gasteiger partial charge on any atom is 0.254 e. The van der Waals surface area contributed by atoms with Gasteiger partial charge in [0.05, 0.1) is 12.1 Å². The molecule has 0 heterocycles. The molecule has 0 unspecified atom stereocenters. The molecule has 0 aliphatic rings. The number of benzene rings is 2. The molecule has 2 N–H and O–H groups in total. The van der Waals surface area contributed by atoms with Crippen molar-refractivity contribution in [2.24, 2.45) is 0 Å². The van der Waals surface area contributed by atoms with E-state index in [1.54, 1.807) is 12.1 Å². The van der Waals surface area contributed by atoms with Crippen LogP contribution in [0.4, 0.5) is 14.5 Å². The first-order valence-electron chi connectivity index (χ1n) is 7.80. The number of amides is 2. The average Bonchev–Trinajstić information content (AvgIpc) is 2.52. The normalized spacial score (nSPS) is 11.1. The third-order valence-corrected chi connectivity index (χ3v) is 3.62. The van der Waals surface area contributed by atoms with Crippen LogP contribution in [0.3, 0.4) is 0 Å². The van der Waals surface area contributed by atoms with Crippen LogP contribution in [0.2, 0.25) is 0 Å². The molecule has 0 aliphatic carbocycles. The smallest absolute Gasteiger partial charge is 0.254 e. The molecule has 0 fully saturated rings. The quantitative estimate of drug-likeness (QED) is 0.888. The molecule has 0 aliphatic heterocycles. The Bertz CT molecular complexity index is 781. The molecule has 25 heavy (non-hydrogen) atoms. The number of carbonyl (C=O) groups excluding carboxylic acids is 2. The van der Waals surface area contributed by atoms with E-state index in [9.17, 15) is 18.4 Å². The minimum Gasteiger partial charge on any atom is -0.343 e. The molecule has 0 saturated carbocycles. The van der Waals surface area contributed by atoms with Gasteiger partial charge >= 0.3 is 0 Å². The lowest BCUT2D eigenvalue weighted by molar-refractivity contribution is -0.115. The Morgan fingerprint density at radius 2 is 1.64 bits per heavy atom. The van der Waals surface area contributed by atoms with Gasteiger partial charge in [0, 0.05) is 11.8 Å². The van der Waals surface area contributed by atoms with Crippen molar-refractivity contribution in [1.82, 2.24) is 5.32 Å². The van der Waals surface area contributed by atoms with Gasteiger partial charge in [-0.25, -0.2) is 8.78 Å². The number of rotatable bonds is 4. The lowest BCUT2D eigenvalue weighted by Gasteiger charge is -2.19. The molecule has 132 valence electrons. The molecule has 2 aromatic carbocycles. The zero-order valence-electron chi connectivity index (χ0n) is 14.3. The van der Waals surface area contributed by atoms with Crippen LogP contribution in [-0.4, -0.2) is 18.4 Å². The topological polar surface area (TPSA) is 58.2 Å². The van der Waals surface area contributed by atoms with Crippen molar-refractivity contribution < 1.29 is 18.4 Å². The van der Waals surface area contributed by atoms with E-state index >= 15 is 0 Å². The molecule has 2 aromatic rings. The maximum absolute atomic E-state index is 13.5. The summed E-state index contributed by atoms with van der Waals surface area (Å²) in [5, 5.41) is 4.95. The van der Waals surface area contributed by atoms with Gasteiger partial charge in [0.2, 0.25) is 5.91 Å². The van der Waals surface area contributed by atoms with E-state index in [0.717, 1.165) is 17.7 Å². The third kappa shape index (κ3) is 5.11. The minimum atomic E-state index is -0.976. The molecule has 0 atom stereocenters. The molecule has 4 nitrogen and oxygen atoms in total. The Morgan fingerprint density at radius 3 is 2.20 bits per heavy atom. The number of carbonyl (C=O) groups is 2. The molecule has 0 radical (unpaired) electrons. The maximum atomic E-state index is 13.5. The molecular formula is C19H20F2N2O2. The first-order valence-corrected chi connectivity index (χ1v) is 7.80. The highest BCUT2D eigenvalue weighted by molar-refractivity contribution is 5.99. The fraction of sp³-hybridized carbons (Fsp3) is 0.263. The number of hydrogen-bond donors (Lipinski definition) is 2. The SMILES string of the molecule is CC(C)(C)c1ccc(NC(=O)CNC(=O)c2ccc(F)cc2F)cc1. The van der Waals surface area contributed by atoms with Crippen molar-refractivity contribution in [2.75, 3.05) is 11.9 Å². The molecule has 0 spiro atoms. The largest absolute Gasteiger partial charge is 0.343 e. The van der Waals surface area contributed by atoms with E-state index in [-0.39, 0.29) is 17.5 Å². The Balaban J connectivity index is 1.91. The number of anilines is 1. The second kappa shape index (κ2) is 7.42. The molecular weight excluding hydrogens is 326 g/mol. The van der Waals surface area contributed by atoms with Crippen molar-refractivity contribution in [3.63, 3.8) is 0 Å². The number of nitrogens with one attached hydrogen (secondary N) is 2. The number of halogens is 2. The molecule has 0 saturated heterocycles. The summed E-state index contributed by atoms with van der Waals surface area (Å²) in [5.41, 5.74) is 1.42. The summed E-state index contributed by atoms with van der Waals surface area (Å²) < 4.78 is 26.3. The van der Waals surface area contributed by atoms with Gasteiger partial charge in [0.25, 0.3) is 5.91 Å². The summed E-state index contributed by atoms with van der Waals surface area (Å²) in [5.74, 6) is -2.98. The summed E-state index contributed by atoms with van der Waals surface area (Å²) in [7, 11) is 0. The van der Waals surface area contributed by atoms with Crippen LogP contribution in [0, 0.1) is 11.6 Å². The Kier molecular flexibility index (Phi) is 5.51. The number of hydrogen-bond acceptors (Lipinski definition) is 2. The van der Waals surface area contributed by atoms with Crippen molar-refractivity contribution in [1.29, 1.82) is 0 Å². The first-order chi connectivity index (χ1) is 11.7. The standard InChI is InChI=1S/C19H20F2N2O2/c1-19(2,3)12-4-7-14(8-5-12)23-17(24)11-22-18(25)15-9-6-13(20)10-16(15)21/h4-10H,11H2,1-3H3,(H,22,25)(H,23,24). The van der Waals surface area contributed by atoms with Crippen molar-refractivity contribution in [2.45, 2.75) is 26.2 Å². The van der Waals surface area contributed by atoms with Crippen LogP contribution in [0.1, 0.15) is 36.7 Å². The summed E-state index contributed by atoms with van der Waals surface area (Å²) in [6, 6.07) is 10.0. The Hall–Kier alpha value is -2.76. The van der Waals surface area contributed by atoms with Gasteiger partial charge in [-0.3, -0.25) is 9.59 Å². The van der Waals surface area contributed by atoms with E-state index in [0.29, 0.717) is 11.8 Å². The predicted molar refractivity (Wildman–Crippen MR) is 92.5 cm³/mol. The van der Waals surface area contributed by atoms with Crippen LogP contribution in [-0.2, 0) is 10.2 Å². The van der Waals surface area contributed by atoms with Gasteiger partial charge in [-0.15, -0.1) is 0 Å². The lowest BCUT2D eigenvalue weighted by Crippen LogP contribution is -2.33. The van der Waals surface area contributed by atoms with Gasteiger partial charge in [0.15, 0.2) is 0 Å². The van der Waals surface area contributed by atoms with Crippen molar-refractivity contribution in [3.05, 3.63) is 65.2 Å². The first kappa shape index (κ1) is 18.6. The van der Waals surface area contributed by atoms with Crippen molar-refractivity contribution in [3.8, 4) is 0 Å². The Labute approximate surface area is 145 Å². The van der Waals surface area contributed by atoms with E-state index in [1.165, 1.54) is 0 Å². The monoisotopic (exact) mass is 346 g/mol. The minimum absolute atomic E-state index is 0.00967. The zero-order valence-corrected chi connectivity index (χ0v) is 14.3. The second-order valence-electron chi connectivity index (χ2n) is 6.68. The van der Waals surface area contributed by atoms with Crippen LogP contribution in [0.15, 0.2) is 42.5 Å². The van der Waals surface area contributed by atoms with Gasteiger partial charge in [-0.1, -0.05) is 32.9 Å². The molecule has 0 aromatic heterocycles.